The molecule has 2 aromatic heterocycles. The van der Waals surface area contributed by atoms with Crippen LogP contribution in [0.4, 0.5) is 4.39 Å². The highest BCUT2D eigenvalue weighted by molar-refractivity contribution is 5.99. The van der Waals surface area contributed by atoms with Gasteiger partial charge < -0.3 is 10.4 Å². The van der Waals surface area contributed by atoms with Gasteiger partial charge >= 0.3 is 0 Å². The van der Waals surface area contributed by atoms with Crippen LogP contribution in [0.1, 0.15) is 22.2 Å². The van der Waals surface area contributed by atoms with Gasteiger partial charge in [0.15, 0.2) is 0 Å². The number of benzene rings is 1. The van der Waals surface area contributed by atoms with Gasteiger partial charge in [0.25, 0.3) is 5.91 Å². The first-order valence-corrected chi connectivity index (χ1v) is 7.31. The lowest BCUT2D eigenvalue weighted by atomic mass is 10.1. The molecule has 1 atom stereocenters. The van der Waals surface area contributed by atoms with Crippen LogP contribution in [0.3, 0.4) is 0 Å². The summed E-state index contributed by atoms with van der Waals surface area (Å²) in [6.07, 6.45) is 2.01. The minimum atomic E-state index is -0.917. The number of pyridine rings is 1. The summed E-state index contributed by atoms with van der Waals surface area (Å²) >= 11 is 0. The van der Waals surface area contributed by atoms with Crippen LogP contribution < -0.4 is 5.32 Å². The van der Waals surface area contributed by atoms with E-state index in [1.165, 1.54) is 18.3 Å². The molecule has 0 saturated carbocycles. The Kier molecular flexibility index (Phi) is 4.62. The number of H-pyrrole nitrogens is 1. The standard InChI is InChI=1S/C17H15FN4O2/c18-12-5-3-4-11(8-12)16-13(9-21-22-16)17(24)20-10-15(23)14-6-1-2-7-19-14/h1-9,15,23H,10H2,(H,20,24)(H,21,22). The second kappa shape index (κ2) is 7.01. The van der Waals surface area contributed by atoms with E-state index in [2.05, 4.69) is 20.5 Å². The van der Waals surface area contributed by atoms with Crippen LogP contribution in [0.2, 0.25) is 0 Å². The monoisotopic (exact) mass is 326 g/mol. The molecule has 1 aromatic carbocycles. The van der Waals surface area contributed by atoms with Crippen LogP contribution in [0, 0.1) is 5.82 Å². The van der Waals surface area contributed by atoms with Crippen molar-refractivity contribution in [3.63, 3.8) is 0 Å². The van der Waals surface area contributed by atoms with Crippen molar-refractivity contribution in [3.8, 4) is 11.3 Å². The van der Waals surface area contributed by atoms with Crippen LogP contribution in [0.15, 0.2) is 54.9 Å². The van der Waals surface area contributed by atoms with Crippen molar-refractivity contribution < 1.29 is 14.3 Å². The van der Waals surface area contributed by atoms with E-state index in [9.17, 15) is 14.3 Å². The third kappa shape index (κ3) is 3.47. The topological polar surface area (TPSA) is 90.9 Å². The van der Waals surface area contributed by atoms with Gasteiger partial charge in [-0.3, -0.25) is 14.9 Å². The number of carbonyl (C=O) groups is 1. The Bertz CT molecular complexity index is 835. The Morgan fingerprint density at radius 3 is 2.92 bits per heavy atom. The minimum absolute atomic E-state index is 0.00359. The van der Waals surface area contributed by atoms with Gasteiger partial charge in [-0.05, 0) is 24.3 Å². The lowest BCUT2D eigenvalue weighted by Crippen LogP contribution is -2.28. The molecule has 0 fully saturated rings. The number of aliphatic hydroxyl groups is 1. The third-order valence-electron chi connectivity index (χ3n) is 3.48. The molecular formula is C17H15FN4O2. The van der Waals surface area contributed by atoms with Crippen molar-refractivity contribution in [1.29, 1.82) is 0 Å². The Morgan fingerprint density at radius 2 is 2.17 bits per heavy atom. The van der Waals surface area contributed by atoms with E-state index in [4.69, 9.17) is 0 Å². The van der Waals surface area contributed by atoms with Gasteiger partial charge in [-0.1, -0.05) is 18.2 Å². The Morgan fingerprint density at radius 1 is 1.29 bits per heavy atom. The van der Waals surface area contributed by atoms with Gasteiger partial charge in [0.2, 0.25) is 0 Å². The van der Waals surface area contributed by atoms with E-state index >= 15 is 0 Å². The maximum atomic E-state index is 13.4. The third-order valence-corrected chi connectivity index (χ3v) is 3.48. The first-order valence-electron chi connectivity index (χ1n) is 7.31. The average Bonchev–Trinajstić information content (AvgIpc) is 3.10. The van der Waals surface area contributed by atoms with E-state index in [-0.39, 0.29) is 12.1 Å². The van der Waals surface area contributed by atoms with Gasteiger partial charge in [-0.15, -0.1) is 0 Å². The number of halogens is 1. The number of aromatic nitrogens is 3. The average molecular weight is 326 g/mol. The molecule has 3 aromatic rings. The zero-order valence-electron chi connectivity index (χ0n) is 12.6. The number of amides is 1. The SMILES string of the molecule is O=C(NCC(O)c1ccccn1)c1cn[nH]c1-c1cccc(F)c1. The van der Waals surface area contributed by atoms with Crippen molar-refractivity contribution in [2.75, 3.05) is 6.54 Å². The van der Waals surface area contributed by atoms with Crippen LogP contribution in [-0.2, 0) is 0 Å². The predicted octanol–water partition coefficient (Wildman–Crippen LogP) is 2.07. The molecule has 6 nitrogen and oxygen atoms in total. The molecule has 3 rings (SSSR count). The maximum Gasteiger partial charge on any atom is 0.255 e. The van der Waals surface area contributed by atoms with Crippen LogP contribution >= 0.6 is 0 Å². The fraction of sp³-hybridized carbons (Fsp3) is 0.118. The van der Waals surface area contributed by atoms with Crippen molar-refractivity contribution >= 4 is 5.91 Å². The number of rotatable bonds is 5. The summed E-state index contributed by atoms with van der Waals surface area (Å²) in [4.78, 5) is 16.4. The molecule has 7 heteroatoms. The van der Waals surface area contributed by atoms with Gasteiger partial charge in [0.1, 0.15) is 11.9 Å². The molecule has 3 N–H and O–H groups in total. The van der Waals surface area contributed by atoms with E-state index in [0.29, 0.717) is 17.0 Å². The fourth-order valence-corrected chi connectivity index (χ4v) is 2.28. The molecule has 1 amide bonds. The molecule has 0 aliphatic carbocycles. The van der Waals surface area contributed by atoms with Crippen LogP contribution in [0.25, 0.3) is 11.3 Å². The Labute approximate surface area is 137 Å². The second-order valence-corrected chi connectivity index (χ2v) is 5.15. The maximum absolute atomic E-state index is 13.4. The summed E-state index contributed by atoms with van der Waals surface area (Å²) in [6.45, 7) is 0.00359. The number of hydrogen-bond acceptors (Lipinski definition) is 4. The van der Waals surface area contributed by atoms with E-state index in [0.717, 1.165) is 0 Å². The summed E-state index contributed by atoms with van der Waals surface area (Å²) < 4.78 is 13.4. The zero-order chi connectivity index (χ0) is 16.9. The molecular weight excluding hydrogens is 311 g/mol. The van der Waals surface area contributed by atoms with Crippen LogP contribution in [-0.4, -0.2) is 32.7 Å². The molecule has 0 radical (unpaired) electrons. The van der Waals surface area contributed by atoms with Gasteiger partial charge in [-0.25, -0.2) is 4.39 Å². The molecule has 0 aliphatic heterocycles. The van der Waals surface area contributed by atoms with Gasteiger partial charge in [0.05, 0.1) is 23.1 Å². The quantitative estimate of drug-likeness (QED) is 0.669. The molecule has 0 bridgehead atoms. The molecule has 0 spiro atoms. The number of carbonyl (C=O) groups excluding carboxylic acids is 1. The Hall–Kier alpha value is -3.06. The summed E-state index contributed by atoms with van der Waals surface area (Å²) in [5.41, 5.74) is 1.67. The number of nitrogens with one attached hydrogen (secondary N) is 2. The molecule has 0 aliphatic rings. The largest absolute Gasteiger partial charge is 0.385 e. The highest BCUT2D eigenvalue weighted by Gasteiger charge is 2.17. The molecule has 122 valence electrons. The first kappa shape index (κ1) is 15.8. The molecule has 1 unspecified atom stereocenters. The molecule has 0 saturated heterocycles. The second-order valence-electron chi connectivity index (χ2n) is 5.15. The van der Waals surface area contributed by atoms with Gasteiger partial charge in [-0.2, -0.15) is 5.10 Å². The molecule has 2 heterocycles. The predicted molar refractivity (Wildman–Crippen MR) is 85.5 cm³/mol. The lowest BCUT2D eigenvalue weighted by molar-refractivity contribution is 0.0915. The molecule has 24 heavy (non-hydrogen) atoms. The van der Waals surface area contributed by atoms with E-state index < -0.39 is 17.8 Å². The Balaban J connectivity index is 1.71. The fourth-order valence-electron chi connectivity index (χ4n) is 2.28. The summed E-state index contributed by atoms with van der Waals surface area (Å²) in [5.74, 6) is -0.822. The number of nitrogens with zero attached hydrogens (tertiary/aromatic N) is 2. The van der Waals surface area contributed by atoms with Crippen molar-refractivity contribution in [2.24, 2.45) is 0 Å². The highest BCUT2D eigenvalue weighted by Crippen LogP contribution is 2.21. The normalized spacial score (nSPS) is 11.9. The van der Waals surface area contributed by atoms with Crippen molar-refractivity contribution in [3.05, 3.63) is 71.9 Å². The van der Waals surface area contributed by atoms with Crippen molar-refractivity contribution in [1.82, 2.24) is 20.5 Å². The first-order chi connectivity index (χ1) is 11.6. The number of hydrogen-bond donors (Lipinski definition) is 3. The van der Waals surface area contributed by atoms with E-state index in [1.807, 2.05) is 0 Å². The summed E-state index contributed by atoms with van der Waals surface area (Å²) in [6, 6.07) is 11.0. The highest BCUT2D eigenvalue weighted by atomic mass is 19.1. The van der Waals surface area contributed by atoms with Gasteiger partial charge in [0, 0.05) is 18.3 Å². The van der Waals surface area contributed by atoms with Crippen molar-refractivity contribution in [2.45, 2.75) is 6.10 Å². The number of aromatic amines is 1. The summed E-state index contributed by atoms with van der Waals surface area (Å²) in [5, 5.41) is 19.2. The van der Waals surface area contributed by atoms with E-state index in [1.54, 1.807) is 36.5 Å². The minimum Gasteiger partial charge on any atom is -0.385 e. The summed E-state index contributed by atoms with van der Waals surface area (Å²) in [7, 11) is 0. The lowest BCUT2D eigenvalue weighted by Gasteiger charge is -2.11. The number of aliphatic hydroxyl groups excluding tert-OH is 1. The van der Waals surface area contributed by atoms with Crippen LogP contribution in [0.5, 0.6) is 0 Å². The smallest absolute Gasteiger partial charge is 0.255 e. The zero-order valence-corrected chi connectivity index (χ0v) is 12.6.